The molecule has 0 fully saturated rings. The van der Waals surface area contributed by atoms with Crippen LogP contribution in [0.4, 0.5) is 9.52 Å². The maximum Gasteiger partial charge on any atom is 0.230 e. The van der Waals surface area contributed by atoms with E-state index in [1.807, 2.05) is 6.07 Å². The zero-order valence-electron chi connectivity index (χ0n) is 14.9. The van der Waals surface area contributed by atoms with E-state index in [-0.39, 0.29) is 18.1 Å². The Bertz CT molecular complexity index is 924. The molecule has 4 nitrogen and oxygen atoms in total. The number of thiazole rings is 1. The van der Waals surface area contributed by atoms with Gasteiger partial charge in [0.15, 0.2) is 5.13 Å². The molecule has 0 bridgehead atoms. The molecule has 138 valence electrons. The predicted octanol–water partition coefficient (Wildman–Crippen LogP) is 2.60. The fraction of sp³-hybridized carbons (Fsp3) is 0.238. The predicted molar refractivity (Wildman–Crippen MR) is 104 cm³/mol. The van der Waals surface area contributed by atoms with Crippen molar-refractivity contribution in [3.63, 3.8) is 0 Å². The molecule has 2 heterocycles. The van der Waals surface area contributed by atoms with Crippen molar-refractivity contribution >= 4 is 22.4 Å². The summed E-state index contributed by atoms with van der Waals surface area (Å²) in [5, 5.41) is 3.55. The minimum atomic E-state index is -0.297. The SMILES string of the molecule is O=C(Cc1ccc(F)cc1)Nc1nc2c(s1)C[NH+](Cc1ccccc1)CC2. The van der Waals surface area contributed by atoms with Crippen LogP contribution in [0, 0.1) is 5.82 Å². The molecule has 1 unspecified atom stereocenters. The molecular weight excluding hydrogens is 361 g/mol. The first-order chi connectivity index (χ1) is 13.2. The second-order valence-electron chi connectivity index (χ2n) is 6.83. The molecule has 0 spiro atoms. The Balaban J connectivity index is 1.36. The van der Waals surface area contributed by atoms with Crippen LogP contribution in [0.5, 0.6) is 0 Å². The number of aromatic nitrogens is 1. The summed E-state index contributed by atoms with van der Waals surface area (Å²) >= 11 is 1.57. The van der Waals surface area contributed by atoms with Crippen molar-refractivity contribution in [1.82, 2.24) is 4.98 Å². The van der Waals surface area contributed by atoms with Crippen LogP contribution in [0.25, 0.3) is 0 Å². The topological polar surface area (TPSA) is 46.4 Å². The van der Waals surface area contributed by atoms with E-state index in [2.05, 4.69) is 34.6 Å². The van der Waals surface area contributed by atoms with E-state index < -0.39 is 0 Å². The summed E-state index contributed by atoms with van der Waals surface area (Å²) in [7, 11) is 0. The number of nitrogens with one attached hydrogen (secondary N) is 2. The first-order valence-corrected chi connectivity index (χ1v) is 9.88. The highest BCUT2D eigenvalue weighted by molar-refractivity contribution is 7.15. The highest BCUT2D eigenvalue weighted by atomic mass is 32.1. The van der Waals surface area contributed by atoms with Gasteiger partial charge in [0.1, 0.15) is 18.9 Å². The molecule has 27 heavy (non-hydrogen) atoms. The maximum atomic E-state index is 13.0. The molecule has 2 N–H and O–H groups in total. The van der Waals surface area contributed by atoms with Gasteiger partial charge in [0.2, 0.25) is 5.91 Å². The Hall–Kier alpha value is -2.57. The van der Waals surface area contributed by atoms with Crippen LogP contribution in [0.2, 0.25) is 0 Å². The van der Waals surface area contributed by atoms with Crippen LogP contribution in [0.3, 0.4) is 0 Å². The van der Waals surface area contributed by atoms with Gasteiger partial charge in [0.05, 0.1) is 23.5 Å². The van der Waals surface area contributed by atoms with E-state index in [9.17, 15) is 9.18 Å². The van der Waals surface area contributed by atoms with E-state index in [4.69, 9.17) is 0 Å². The van der Waals surface area contributed by atoms with Gasteiger partial charge in [-0.3, -0.25) is 4.79 Å². The summed E-state index contributed by atoms with van der Waals surface area (Å²) in [5.41, 5.74) is 3.23. The third-order valence-electron chi connectivity index (χ3n) is 4.73. The van der Waals surface area contributed by atoms with Gasteiger partial charge in [-0.25, -0.2) is 9.37 Å². The molecular formula is C21H21FN3OS+. The van der Waals surface area contributed by atoms with Gasteiger partial charge >= 0.3 is 0 Å². The van der Waals surface area contributed by atoms with E-state index >= 15 is 0 Å². The molecule has 1 aliphatic rings. The van der Waals surface area contributed by atoms with Gasteiger partial charge in [0, 0.05) is 12.0 Å². The molecule has 1 aromatic heterocycles. The van der Waals surface area contributed by atoms with Crippen molar-refractivity contribution in [2.24, 2.45) is 0 Å². The minimum absolute atomic E-state index is 0.124. The Morgan fingerprint density at radius 3 is 2.67 bits per heavy atom. The normalized spacial score (nSPS) is 16.0. The minimum Gasteiger partial charge on any atom is -0.326 e. The first kappa shape index (κ1) is 17.8. The molecule has 4 rings (SSSR count). The molecule has 3 aromatic rings. The van der Waals surface area contributed by atoms with Crippen LogP contribution in [0.1, 0.15) is 21.7 Å². The summed E-state index contributed by atoms with van der Waals surface area (Å²) in [6, 6.07) is 16.5. The van der Waals surface area contributed by atoms with Crippen LogP contribution < -0.4 is 10.2 Å². The Morgan fingerprint density at radius 2 is 1.89 bits per heavy atom. The van der Waals surface area contributed by atoms with Crippen molar-refractivity contribution in [3.8, 4) is 0 Å². The van der Waals surface area contributed by atoms with Crippen LogP contribution in [-0.2, 0) is 30.7 Å². The number of rotatable bonds is 5. The third kappa shape index (κ3) is 4.59. The lowest BCUT2D eigenvalue weighted by Crippen LogP contribution is -3.10. The van der Waals surface area contributed by atoms with E-state index in [0.29, 0.717) is 5.13 Å². The number of fused-ring (bicyclic) bond motifs is 1. The van der Waals surface area contributed by atoms with Gasteiger partial charge in [-0.1, -0.05) is 53.8 Å². The zero-order chi connectivity index (χ0) is 18.6. The lowest BCUT2D eigenvalue weighted by atomic mass is 10.1. The Morgan fingerprint density at radius 1 is 1.11 bits per heavy atom. The summed E-state index contributed by atoms with van der Waals surface area (Å²) in [4.78, 5) is 19.6. The monoisotopic (exact) mass is 382 g/mol. The number of quaternary nitrogens is 1. The van der Waals surface area contributed by atoms with Gasteiger partial charge in [-0.15, -0.1) is 0 Å². The van der Waals surface area contributed by atoms with Gasteiger partial charge < -0.3 is 10.2 Å². The summed E-state index contributed by atoms with van der Waals surface area (Å²) in [6.45, 7) is 2.99. The molecule has 0 radical (unpaired) electrons. The number of benzene rings is 2. The fourth-order valence-electron chi connectivity index (χ4n) is 3.37. The molecule has 1 aliphatic heterocycles. The van der Waals surface area contributed by atoms with E-state index in [0.717, 1.165) is 37.3 Å². The van der Waals surface area contributed by atoms with Crippen LogP contribution >= 0.6 is 11.3 Å². The first-order valence-electron chi connectivity index (χ1n) is 9.06. The average Bonchev–Trinajstić information content (AvgIpc) is 3.06. The van der Waals surface area contributed by atoms with Crippen molar-refractivity contribution in [2.45, 2.75) is 25.9 Å². The standard InChI is InChI=1S/C21H20FN3OS/c22-17-8-6-15(7-9-17)12-20(26)24-21-23-18-10-11-25(14-19(18)27-21)13-16-4-2-1-3-5-16/h1-9H,10-14H2,(H,23,24,26)/p+1. The summed E-state index contributed by atoms with van der Waals surface area (Å²) < 4.78 is 13.0. The summed E-state index contributed by atoms with van der Waals surface area (Å²) in [5.74, 6) is -0.421. The Kier molecular flexibility index (Phi) is 5.27. The van der Waals surface area contributed by atoms with Crippen LogP contribution in [-0.4, -0.2) is 17.4 Å². The number of hydrogen-bond donors (Lipinski definition) is 2. The second-order valence-corrected chi connectivity index (χ2v) is 7.91. The molecule has 1 amide bonds. The van der Waals surface area contributed by atoms with Gasteiger partial charge in [-0.2, -0.15) is 0 Å². The van der Waals surface area contributed by atoms with E-state index in [1.165, 1.54) is 27.5 Å². The van der Waals surface area contributed by atoms with Crippen molar-refractivity contribution in [2.75, 3.05) is 11.9 Å². The number of carbonyl (C=O) groups is 1. The molecule has 0 saturated carbocycles. The summed E-state index contributed by atoms with van der Waals surface area (Å²) in [6.07, 6.45) is 1.15. The lowest BCUT2D eigenvalue weighted by molar-refractivity contribution is -0.929. The van der Waals surface area contributed by atoms with Crippen molar-refractivity contribution < 1.29 is 14.1 Å². The fourth-order valence-corrected chi connectivity index (χ4v) is 4.46. The smallest absolute Gasteiger partial charge is 0.230 e. The highest BCUT2D eigenvalue weighted by Gasteiger charge is 2.24. The average molecular weight is 382 g/mol. The van der Waals surface area contributed by atoms with Gasteiger partial charge in [0.25, 0.3) is 0 Å². The molecule has 1 atom stereocenters. The number of carbonyl (C=O) groups excluding carboxylic acids is 1. The molecule has 0 saturated heterocycles. The van der Waals surface area contributed by atoms with Gasteiger partial charge in [-0.05, 0) is 17.7 Å². The number of amides is 1. The molecule has 0 aliphatic carbocycles. The lowest BCUT2D eigenvalue weighted by Gasteiger charge is -2.22. The quantitative estimate of drug-likeness (QED) is 0.713. The van der Waals surface area contributed by atoms with Crippen molar-refractivity contribution in [1.29, 1.82) is 0 Å². The second kappa shape index (κ2) is 7.98. The number of nitrogens with zero attached hydrogens (tertiary/aromatic N) is 1. The third-order valence-corrected chi connectivity index (χ3v) is 5.74. The maximum absolute atomic E-state index is 13.0. The Labute approximate surface area is 161 Å². The molecule has 6 heteroatoms. The number of hydrogen-bond acceptors (Lipinski definition) is 3. The van der Waals surface area contributed by atoms with Crippen molar-refractivity contribution in [3.05, 3.63) is 82.1 Å². The number of anilines is 1. The van der Waals surface area contributed by atoms with E-state index in [1.54, 1.807) is 23.5 Å². The molecule has 2 aromatic carbocycles. The largest absolute Gasteiger partial charge is 0.326 e. The zero-order valence-corrected chi connectivity index (χ0v) is 15.7. The number of halogens is 1. The highest BCUT2D eigenvalue weighted by Crippen LogP contribution is 2.24. The van der Waals surface area contributed by atoms with Crippen LogP contribution in [0.15, 0.2) is 54.6 Å².